The number of carbonyl (C=O) groups is 2. The lowest BCUT2D eigenvalue weighted by Gasteiger charge is -2.15. The van der Waals surface area contributed by atoms with Crippen molar-refractivity contribution in [2.45, 2.75) is 33.1 Å². The average molecular weight is 329 g/mol. The Labute approximate surface area is 139 Å². The molecule has 0 bridgehead atoms. The lowest BCUT2D eigenvalue weighted by Crippen LogP contribution is -2.23. The van der Waals surface area contributed by atoms with Crippen LogP contribution in [-0.2, 0) is 11.2 Å². The van der Waals surface area contributed by atoms with E-state index in [1.807, 2.05) is 25.1 Å². The van der Waals surface area contributed by atoms with Crippen molar-refractivity contribution in [3.05, 3.63) is 45.6 Å². The summed E-state index contributed by atoms with van der Waals surface area (Å²) in [6.07, 6.45) is 2.42. The van der Waals surface area contributed by atoms with Crippen LogP contribution in [0.5, 0.6) is 5.75 Å². The molecule has 1 saturated heterocycles. The van der Waals surface area contributed by atoms with Gasteiger partial charge in [-0.1, -0.05) is 6.92 Å². The molecule has 5 heteroatoms. The molecule has 0 atom stereocenters. The van der Waals surface area contributed by atoms with Crippen molar-refractivity contribution in [2.75, 3.05) is 11.4 Å². The first-order valence-electron chi connectivity index (χ1n) is 7.80. The van der Waals surface area contributed by atoms with Gasteiger partial charge in [0.2, 0.25) is 5.91 Å². The molecule has 0 unspecified atom stereocenters. The Morgan fingerprint density at radius 2 is 2.04 bits per heavy atom. The van der Waals surface area contributed by atoms with Gasteiger partial charge < -0.3 is 9.64 Å². The van der Waals surface area contributed by atoms with Crippen LogP contribution >= 0.6 is 11.3 Å². The second-order valence-corrected chi connectivity index (χ2v) is 6.74. The van der Waals surface area contributed by atoms with E-state index in [9.17, 15) is 9.59 Å². The molecule has 2 aromatic rings. The number of rotatable bonds is 4. The van der Waals surface area contributed by atoms with Gasteiger partial charge in [0.15, 0.2) is 0 Å². The van der Waals surface area contributed by atoms with Crippen molar-refractivity contribution < 1.29 is 14.3 Å². The Balaban J connectivity index is 1.70. The number of hydrogen-bond acceptors (Lipinski definition) is 4. The molecule has 0 N–H and O–H groups in total. The van der Waals surface area contributed by atoms with Crippen LogP contribution in [0, 0.1) is 6.92 Å². The number of hydrogen-bond donors (Lipinski definition) is 0. The Morgan fingerprint density at radius 3 is 2.61 bits per heavy atom. The Morgan fingerprint density at radius 1 is 1.30 bits per heavy atom. The topological polar surface area (TPSA) is 46.6 Å². The first-order valence-corrected chi connectivity index (χ1v) is 8.62. The number of thiophene rings is 1. The standard InChI is InChI=1S/C18H19NO3S/c1-3-15-12(2)11-16(23-15)18(21)22-14-8-6-13(7-9-14)19-10-4-5-17(19)20/h6-9,11H,3-5,10H2,1-2H3. The van der Waals surface area contributed by atoms with Crippen molar-refractivity contribution in [3.8, 4) is 5.75 Å². The number of ether oxygens (including phenoxy) is 1. The minimum atomic E-state index is -0.331. The zero-order chi connectivity index (χ0) is 16.4. The molecule has 1 aromatic heterocycles. The second-order valence-electron chi connectivity index (χ2n) is 5.60. The van der Waals surface area contributed by atoms with Gasteiger partial charge >= 0.3 is 5.97 Å². The van der Waals surface area contributed by atoms with Gasteiger partial charge in [0, 0.05) is 23.5 Å². The highest BCUT2D eigenvalue weighted by Crippen LogP contribution is 2.26. The molecule has 3 rings (SSSR count). The fraction of sp³-hybridized carbons (Fsp3) is 0.333. The van der Waals surface area contributed by atoms with Crippen molar-refractivity contribution in [2.24, 2.45) is 0 Å². The fourth-order valence-corrected chi connectivity index (χ4v) is 3.73. The van der Waals surface area contributed by atoms with Crippen molar-refractivity contribution in [1.29, 1.82) is 0 Å². The van der Waals surface area contributed by atoms with Crippen LogP contribution in [0.1, 0.15) is 39.9 Å². The molecule has 1 aliphatic heterocycles. The maximum Gasteiger partial charge on any atom is 0.353 e. The second kappa shape index (κ2) is 6.54. The predicted molar refractivity (Wildman–Crippen MR) is 91.4 cm³/mol. The van der Waals surface area contributed by atoms with Gasteiger partial charge in [-0.2, -0.15) is 0 Å². The van der Waals surface area contributed by atoms with Gasteiger partial charge in [-0.3, -0.25) is 4.79 Å². The van der Waals surface area contributed by atoms with Crippen LogP contribution in [0.15, 0.2) is 30.3 Å². The Hall–Kier alpha value is -2.14. The molecule has 1 amide bonds. The molecule has 2 heterocycles. The molecule has 120 valence electrons. The van der Waals surface area contributed by atoms with Crippen molar-refractivity contribution in [1.82, 2.24) is 0 Å². The largest absolute Gasteiger partial charge is 0.422 e. The number of benzene rings is 1. The summed E-state index contributed by atoms with van der Waals surface area (Å²) in [4.78, 5) is 27.5. The summed E-state index contributed by atoms with van der Waals surface area (Å²) in [6.45, 7) is 4.84. The normalized spacial score (nSPS) is 14.3. The van der Waals surface area contributed by atoms with E-state index >= 15 is 0 Å². The van der Waals surface area contributed by atoms with Crippen LogP contribution in [0.3, 0.4) is 0 Å². The van der Waals surface area contributed by atoms with Crippen LogP contribution in [-0.4, -0.2) is 18.4 Å². The summed E-state index contributed by atoms with van der Waals surface area (Å²) in [5.74, 6) is 0.313. The summed E-state index contributed by atoms with van der Waals surface area (Å²) in [6, 6.07) is 9.00. The van der Waals surface area contributed by atoms with Gasteiger partial charge in [0.1, 0.15) is 10.6 Å². The summed E-state index contributed by atoms with van der Waals surface area (Å²) < 4.78 is 5.43. The van der Waals surface area contributed by atoms with Gasteiger partial charge in [-0.05, 0) is 55.7 Å². The summed E-state index contributed by atoms with van der Waals surface area (Å²) in [7, 11) is 0. The molecule has 1 aliphatic rings. The Bertz CT molecular complexity index is 733. The number of esters is 1. The lowest BCUT2D eigenvalue weighted by atomic mass is 10.2. The maximum atomic E-state index is 12.2. The van der Waals surface area contributed by atoms with E-state index in [0.29, 0.717) is 17.0 Å². The molecule has 4 nitrogen and oxygen atoms in total. The van der Waals surface area contributed by atoms with E-state index < -0.39 is 0 Å². The molecule has 23 heavy (non-hydrogen) atoms. The van der Waals surface area contributed by atoms with Gasteiger partial charge in [0.25, 0.3) is 0 Å². The molecule has 0 aliphatic carbocycles. The third kappa shape index (κ3) is 3.29. The third-order valence-corrected chi connectivity index (χ3v) is 5.34. The molecular weight excluding hydrogens is 310 g/mol. The predicted octanol–water partition coefficient (Wildman–Crippen LogP) is 3.96. The highest BCUT2D eigenvalue weighted by Gasteiger charge is 2.21. The first kappa shape index (κ1) is 15.7. The molecule has 0 spiro atoms. The van der Waals surface area contributed by atoms with Gasteiger partial charge in [-0.15, -0.1) is 11.3 Å². The number of anilines is 1. The van der Waals surface area contributed by atoms with Crippen LogP contribution in [0.2, 0.25) is 0 Å². The van der Waals surface area contributed by atoms with Crippen molar-refractivity contribution in [3.63, 3.8) is 0 Å². The number of amides is 1. The highest BCUT2D eigenvalue weighted by atomic mass is 32.1. The number of aryl methyl sites for hydroxylation is 2. The van der Waals surface area contributed by atoms with E-state index in [4.69, 9.17) is 4.74 Å². The summed E-state index contributed by atoms with van der Waals surface area (Å²) >= 11 is 1.48. The fourth-order valence-electron chi connectivity index (χ4n) is 2.74. The van der Waals surface area contributed by atoms with E-state index in [1.165, 1.54) is 16.2 Å². The van der Waals surface area contributed by atoms with E-state index in [0.717, 1.165) is 30.6 Å². The van der Waals surface area contributed by atoms with Crippen LogP contribution in [0.4, 0.5) is 5.69 Å². The maximum absolute atomic E-state index is 12.2. The quantitative estimate of drug-likeness (QED) is 0.630. The minimum Gasteiger partial charge on any atom is -0.422 e. The molecular formula is C18H19NO3S. The zero-order valence-electron chi connectivity index (χ0n) is 13.3. The first-order chi connectivity index (χ1) is 11.1. The molecule has 1 aromatic carbocycles. The average Bonchev–Trinajstić information content (AvgIpc) is 3.14. The monoisotopic (exact) mass is 329 g/mol. The zero-order valence-corrected chi connectivity index (χ0v) is 14.1. The minimum absolute atomic E-state index is 0.149. The number of carbonyl (C=O) groups excluding carboxylic acids is 2. The third-order valence-electron chi connectivity index (χ3n) is 3.98. The lowest BCUT2D eigenvalue weighted by molar-refractivity contribution is -0.117. The van der Waals surface area contributed by atoms with Gasteiger partial charge in [-0.25, -0.2) is 4.79 Å². The molecule has 1 fully saturated rings. The summed E-state index contributed by atoms with van der Waals surface area (Å²) in [5.41, 5.74) is 1.99. The van der Waals surface area contributed by atoms with E-state index in [1.54, 1.807) is 17.0 Å². The van der Waals surface area contributed by atoms with Crippen molar-refractivity contribution >= 4 is 28.9 Å². The van der Waals surface area contributed by atoms with Gasteiger partial charge in [0.05, 0.1) is 0 Å². The summed E-state index contributed by atoms with van der Waals surface area (Å²) in [5, 5.41) is 0. The molecule has 0 saturated carbocycles. The van der Waals surface area contributed by atoms with Crippen LogP contribution in [0.25, 0.3) is 0 Å². The SMILES string of the molecule is CCc1sc(C(=O)Oc2ccc(N3CCCC3=O)cc2)cc1C. The Kier molecular flexibility index (Phi) is 4.48. The highest BCUT2D eigenvalue weighted by molar-refractivity contribution is 7.14. The molecule has 0 radical (unpaired) electrons. The van der Waals surface area contributed by atoms with E-state index in [-0.39, 0.29) is 11.9 Å². The van der Waals surface area contributed by atoms with E-state index in [2.05, 4.69) is 6.92 Å². The van der Waals surface area contributed by atoms with Crippen LogP contribution < -0.4 is 9.64 Å². The smallest absolute Gasteiger partial charge is 0.353 e. The number of nitrogens with zero attached hydrogens (tertiary/aromatic N) is 1.